The van der Waals surface area contributed by atoms with Crippen LogP contribution in [0.3, 0.4) is 0 Å². The Morgan fingerprint density at radius 1 is 1.25 bits per heavy atom. The molecule has 66 valence electrons. The quantitative estimate of drug-likeness (QED) is 0.551. The van der Waals surface area contributed by atoms with Crippen molar-refractivity contribution in [3.05, 3.63) is 35.5 Å². The van der Waals surface area contributed by atoms with Crippen molar-refractivity contribution in [2.75, 3.05) is 0 Å². The third kappa shape index (κ3) is 1.16. The summed E-state index contributed by atoms with van der Waals surface area (Å²) in [4.78, 5) is 0. The van der Waals surface area contributed by atoms with Gasteiger partial charge in [-0.15, -0.1) is 0 Å². The lowest BCUT2D eigenvalue weighted by Crippen LogP contribution is -1.94. The molecular formula is C12H18. The summed E-state index contributed by atoms with van der Waals surface area (Å²) in [6.45, 7) is 17.0. The Balaban J connectivity index is 3.13. The lowest BCUT2D eigenvalue weighted by atomic mass is 9.96. The van der Waals surface area contributed by atoms with E-state index in [1.54, 1.807) is 0 Å². The van der Waals surface area contributed by atoms with Gasteiger partial charge < -0.3 is 0 Å². The van der Waals surface area contributed by atoms with Crippen LogP contribution in [0.2, 0.25) is 0 Å². The molecule has 0 aliphatic heterocycles. The number of allylic oxidation sites excluding steroid dienone is 4. The van der Waals surface area contributed by atoms with Crippen molar-refractivity contribution >= 4 is 0 Å². The molecule has 0 heterocycles. The molecule has 0 aromatic carbocycles. The van der Waals surface area contributed by atoms with Crippen molar-refractivity contribution in [2.45, 2.75) is 27.7 Å². The molecule has 0 bridgehead atoms. The standard InChI is InChI=1S/C12H18/c1-7(2)12-10(5)8(3)9(4)11(12)6/h7,9H,3,5H2,1-2,4,6H3. The molecule has 0 saturated carbocycles. The van der Waals surface area contributed by atoms with E-state index in [1.807, 2.05) is 0 Å². The molecule has 1 rings (SSSR count). The second-order valence-electron chi connectivity index (χ2n) is 3.98. The predicted octanol–water partition coefficient (Wildman–Crippen LogP) is 3.72. The minimum atomic E-state index is 0.509. The van der Waals surface area contributed by atoms with Gasteiger partial charge in [-0.2, -0.15) is 0 Å². The molecule has 1 aliphatic rings. The molecule has 0 saturated heterocycles. The fourth-order valence-corrected chi connectivity index (χ4v) is 1.97. The Kier molecular flexibility index (Phi) is 2.27. The van der Waals surface area contributed by atoms with Gasteiger partial charge in [-0.05, 0) is 29.6 Å². The first kappa shape index (κ1) is 9.31. The van der Waals surface area contributed by atoms with Crippen molar-refractivity contribution in [3.63, 3.8) is 0 Å². The summed E-state index contributed by atoms with van der Waals surface area (Å²) in [5, 5.41) is 0. The van der Waals surface area contributed by atoms with Gasteiger partial charge in [0.25, 0.3) is 0 Å². The number of hydrogen-bond acceptors (Lipinski definition) is 0. The van der Waals surface area contributed by atoms with E-state index < -0.39 is 0 Å². The van der Waals surface area contributed by atoms with E-state index in [2.05, 4.69) is 40.9 Å². The highest BCUT2D eigenvalue weighted by Gasteiger charge is 2.26. The number of rotatable bonds is 1. The Bertz CT molecular complexity index is 264. The van der Waals surface area contributed by atoms with Crippen molar-refractivity contribution in [1.82, 2.24) is 0 Å². The summed E-state index contributed by atoms with van der Waals surface area (Å²) < 4.78 is 0. The average Bonchev–Trinajstić information content (AvgIpc) is 2.16. The van der Waals surface area contributed by atoms with E-state index in [9.17, 15) is 0 Å². The van der Waals surface area contributed by atoms with Crippen LogP contribution in [0.1, 0.15) is 27.7 Å². The predicted molar refractivity (Wildman–Crippen MR) is 55.0 cm³/mol. The fourth-order valence-electron chi connectivity index (χ4n) is 1.97. The second-order valence-corrected chi connectivity index (χ2v) is 3.98. The molecule has 0 aromatic rings. The third-order valence-electron chi connectivity index (χ3n) is 2.89. The van der Waals surface area contributed by atoms with Crippen LogP contribution in [0.15, 0.2) is 35.5 Å². The number of hydrogen-bond donors (Lipinski definition) is 0. The lowest BCUT2D eigenvalue weighted by molar-refractivity contribution is 0.766. The Labute approximate surface area is 75.7 Å². The van der Waals surface area contributed by atoms with Gasteiger partial charge in [-0.25, -0.2) is 0 Å². The topological polar surface area (TPSA) is 0 Å². The summed E-state index contributed by atoms with van der Waals surface area (Å²) in [6, 6.07) is 0. The summed E-state index contributed by atoms with van der Waals surface area (Å²) in [5.41, 5.74) is 5.26. The van der Waals surface area contributed by atoms with Crippen LogP contribution < -0.4 is 0 Å². The van der Waals surface area contributed by atoms with E-state index in [4.69, 9.17) is 0 Å². The van der Waals surface area contributed by atoms with E-state index in [0.29, 0.717) is 11.8 Å². The zero-order valence-corrected chi connectivity index (χ0v) is 8.57. The maximum absolute atomic E-state index is 4.08. The first-order valence-electron chi connectivity index (χ1n) is 4.56. The van der Waals surface area contributed by atoms with Crippen molar-refractivity contribution in [3.8, 4) is 0 Å². The lowest BCUT2D eigenvalue weighted by Gasteiger charge is -2.09. The zero-order valence-electron chi connectivity index (χ0n) is 8.57. The maximum Gasteiger partial charge on any atom is 0.00231 e. The first-order valence-corrected chi connectivity index (χ1v) is 4.56. The summed E-state index contributed by atoms with van der Waals surface area (Å²) in [7, 11) is 0. The Morgan fingerprint density at radius 2 is 1.75 bits per heavy atom. The average molecular weight is 162 g/mol. The highest BCUT2D eigenvalue weighted by molar-refractivity contribution is 5.56. The molecule has 0 spiro atoms. The summed E-state index contributed by atoms with van der Waals surface area (Å²) >= 11 is 0. The van der Waals surface area contributed by atoms with Gasteiger partial charge in [0.1, 0.15) is 0 Å². The highest BCUT2D eigenvalue weighted by Crippen LogP contribution is 2.41. The Hall–Kier alpha value is -0.780. The van der Waals surface area contributed by atoms with Gasteiger partial charge in [0, 0.05) is 5.92 Å². The molecule has 0 heteroatoms. The van der Waals surface area contributed by atoms with E-state index in [1.165, 1.54) is 22.3 Å². The molecule has 1 atom stereocenters. The van der Waals surface area contributed by atoms with Crippen LogP contribution >= 0.6 is 0 Å². The van der Waals surface area contributed by atoms with Crippen LogP contribution in [-0.4, -0.2) is 0 Å². The van der Waals surface area contributed by atoms with E-state index in [-0.39, 0.29) is 0 Å². The molecule has 0 N–H and O–H groups in total. The molecule has 0 aromatic heterocycles. The van der Waals surface area contributed by atoms with Gasteiger partial charge in [0.05, 0.1) is 0 Å². The minimum Gasteiger partial charge on any atom is -0.0946 e. The molecular weight excluding hydrogens is 144 g/mol. The van der Waals surface area contributed by atoms with Crippen molar-refractivity contribution in [1.29, 1.82) is 0 Å². The molecule has 0 amide bonds. The first-order chi connectivity index (χ1) is 5.46. The molecule has 1 aliphatic carbocycles. The zero-order chi connectivity index (χ0) is 9.46. The van der Waals surface area contributed by atoms with Crippen LogP contribution in [-0.2, 0) is 0 Å². The monoisotopic (exact) mass is 162 g/mol. The molecule has 0 fully saturated rings. The van der Waals surface area contributed by atoms with Crippen LogP contribution in [0.4, 0.5) is 0 Å². The minimum absolute atomic E-state index is 0.509. The van der Waals surface area contributed by atoms with E-state index >= 15 is 0 Å². The molecule has 0 nitrogen and oxygen atoms in total. The van der Waals surface area contributed by atoms with Crippen molar-refractivity contribution in [2.24, 2.45) is 11.8 Å². The Morgan fingerprint density at radius 3 is 1.92 bits per heavy atom. The SMILES string of the molecule is C=C1C(=C)C(C)C(C)=C1C(C)C. The van der Waals surface area contributed by atoms with Gasteiger partial charge in [0.2, 0.25) is 0 Å². The summed E-state index contributed by atoms with van der Waals surface area (Å²) in [5.74, 6) is 1.09. The van der Waals surface area contributed by atoms with E-state index in [0.717, 1.165) is 0 Å². The summed E-state index contributed by atoms with van der Waals surface area (Å²) in [6.07, 6.45) is 0. The molecule has 12 heavy (non-hydrogen) atoms. The van der Waals surface area contributed by atoms with Gasteiger partial charge in [-0.3, -0.25) is 0 Å². The molecule has 1 unspecified atom stereocenters. The third-order valence-corrected chi connectivity index (χ3v) is 2.89. The fraction of sp³-hybridized carbons (Fsp3) is 0.500. The maximum atomic E-state index is 4.08. The second kappa shape index (κ2) is 2.93. The van der Waals surface area contributed by atoms with Crippen molar-refractivity contribution < 1.29 is 0 Å². The van der Waals surface area contributed by atoms with Crippen LogP contribution in [0.5, 0.6) is 0 Å². The van der Waals surface area contributed by atoms with Gasteiger partial charge in [-0.1, -0.05) is 39.5 Å². The van der Waals surface area contributed by atoms with Crippen LogP contribution in [0.25, 0.3) is 0 Å². The normalized spacial score (nSPS) is 24.6. The largest absolute Gasteiger partial charge is 0.0946 e. The molecule has 0 radical (unpaired) electrons. The van der Waals surface area contributed by atoms with Gasteiger partial charge >= 0.3 is 0 Å². The van der Waals surface area contributed by atoms with Gasteiger partial charge in [0.15, 0.2) is 0 Å². The van der Waals surface area contributed by atoms with Crippen LogP contribution in [0, 0.1) is 11.8 Å². The highest BCUT2D eigenvalue weighted by atomic mass is 14.3. The smallest absolute Gasteiger partial charge is 0.00231 e.